The second-order valence-corrected chi connectivity index (χ2v) is 8.16. The van der Waals surface area contributed by atoms with E-state index in [0.717, 1.165) is 12.8 Å². The van der Waals surface area contributed by atoms with Gasteiger partial charge in [0.2, 0.25) is 0 Å². The number of hydrogen-bond acceptors (Lipinski definition) is 5. The largest absolute Gasteiger partial charge is 0.497 e. The molecule has 1 aliphatic heterocycles. The summed E-state index contributed by atoms with van der Waals surface area (Å²) in [5, 5.41) is 0. The number of nitrogens with one attached hydrogen (secondary N) is 1. The summed E-state index contributed by atoms with van der Waals surface area (Å²) < 4.78 is 33.0. The van der Waals surface area contributed by atoms with Crippen LogP contribution in [0.4, 0.5) is 5.69 Å². The number of methoxy groups -OCH3 is 1. The number of carbonyl (C=O) groups excluding carboxylic acids is 1. The number of likely N-dealkylation sites (tertiary alicyclic amines) is 1. The normalized spacial score (nSPS) is 16.8. The highest BCUT2D eigenvalue weighted by Gasteiger charge is 2.25. The highest BCUT2D eigenvalue weighted by molar-refractivity contribution is 7.92. The number of anilines is 1. The molecule has 0 radical (unpaired) electrons. The molecule has 2 aromatic carbocycles. The maximum Gasteiger partial charge on any atom is 0.261 e. The van der Waals surface area contributed by atoms with Crippen LogP contribution in [0.3, 0.4) is 0 Å². The van der Waals surface area contributed by atoms with Crippen molar-refractivity contribution in [2.24, 2.45) is 5.73 Å². The van der Waals surface area contributed by atoms with Crippen LogP contribution in [0.5, 0.6) is 5.75 Å². The average Bonchev–Trinajstić information content (AvgIpc) is 2.67. The van der Waals surface area contributed by atoms with Gasteiger partial charge in [-0.05, 0) is 49.2 Å². The third-order valence-corrected chi connectivity index (χ3v) is 5.90. The molecule has 152 valence electrons. The van der Waals surface area contributed by atoms with Crippen LogP contribution in [-0.2, 0) is 10.0 Å². The third-order valence-electron chi connectivity index (χ3n) is 4.52. The molecule has 0 aliphatic carbocycles. The molecule has 9 heteroatoms. The molecule has 3 rings (SSSR count). The van der Waals surface area contributed by atoms with Crippen LogP contribution in [0.25, 0.3) is 0 Å². The SMILES string of the molecule is COc1ccc(S(=O)(=O)Nc2ccccc2C(=O)N2CCCC(N)C2)cc1.Cl. The molecule has 28 heavy (non-hydrogen) atoms. The van der Waals surface area contributed by atoms with Crippen molar-refractivity contribution in [2.75, 3.05) is 24.9 Å². The molecular weight excluding hydrogens is 402 g/mol. The smallest absolute Gasteiger partial charge is 0.261 e. The second-order valence-electron chi connectivity index (χ2n) is 6.48. The minimum absolute atomic E-state index is 0. The summed E-state index contributed by atoms with van der Waals surface area (Å²) in [4.78, 5) is 14.7. The fourth-order valence-corrected chi connectivity index (χ4v) is 4.16. The van der Waals surface area contributed by atoms with Crippen LogP contribution >= 0.6 is 12.4 Å². The lowest BCUT2D eigenvalue weighted by molar-refractivity contribution is 0.0710. The zero-order valence-corrected chi connectivity index (χ0v) is 17.1. The molecule has 0 saturated carbocycles. The van der Waals surface area contributed by atoms with Gasteiger partial charge in [-0.15, -0.1) is 12.4 Å². The summed E-state index contributed by atoms with van der Waals surface area (Å²) >= 11 is 0. The molecule has 1 amide bonds. The van der Waals surface area contributed by atoms with Gasteiger partial charge >= 0.3 is 0 Å². The molecule has 3 N–H and O–H groups in total. The number of rotatable bonds is 5. The predicted octanol–water partition coefficient (Wildman–Crippen LogP) is 2.48. The Morgan fingerprint density at radius 2 is 1.86 bits per heavy atom. The Hall–Kier alpha value is -2.29. The molecule has 2 aromatic rings. The van der Waals surface area contributed by atoms with Gasteiger partial charge in [-0.1, -0.05) is 12.1 Å². The van der Waals surface area contributed by atoms with Gasteiger partial charge in [-0.25, -0.2) is 8.42 Å². The molecule has 1 fully saturated rings. The average molecular weight is 426 g/mol. The summed E-state index contributed by atoms with van der Waals surface area (Å²) in [6.07, 6.45) is 1.72. The van der Waals surface area contributed by atoms with Crippen molar-refractivity contribution in [1.29, 1.82) is 0 Å². The van der Waals surface area contributed by atoms with E-state index in [4.69, 9.17) is 10.5 Å². The quantitative estimate of drug-likeness (QED) is 0.766. The molecule has 0 bridgehead atoms. The van der Waals surface area contributed by atoms with Gasteiger partial charge < -0.3 is 15.4 Å². The van der Waals surface area contributed by atoms with Crippen LogP contribution in [0.2, 0.25) is 0 Å². The monoisotopic (exact) mass is 425 g/mol. The fraction of sp³-hybridized carbons (Fsp3) is 0.316. The predicted molar refractivity (Wildman–Crippen MR) is 111 cm³/mol. The molecule has 0 spiro atoms. The summed E-state index contributed by atoms with van der Waals surface area (Å²) in [7, 11) is -2.33. The van der Waals surface area contributed by atoms with E-state index in [2.05, 4.69) is 4.72 Å². The molecule has 1 atom stereocenters. The number of carbonyl (C=O) groups is 1. The number of para-hydroxylation sites is 1. The zero-order chi connectivity index (χ0) is 19.4. The number of sulfonamides is 1. The Labute approximate surface area is 171 Å². The van der Waals surface area contributed by atoms with Gasteiger partial charge in [0.1, 0.15) is 5.75 Å². The van der Waals surface area contributed by atoms with E-state index in [9.17, 15) is 13.2 Å². The highest BCUT2D eigenvalue weighted by Crippen LogP contribution is 2.24. The van der Waals surface area contributed by atoms with Crippen molar-refractivity contribution < 1.29 is 17.9 Å². The van der Waals surface area contributed by atoms with Crippen molar-refractivity contribution in [3.05, 3.63) is 54.1 Å². The highest BCUT2D eigenvalue weighted by atomic mass is 35.5. The number of nitrogens with zero attached hydrogens (tertiary/aromatic N) is 1. The first-order chi connectivity index (χ1) is 12.9. The Morgan fingerprint density at radius 3 is 2.50 bits per heavy atom. The van der Waals surface area contributed by atoms with Crippen LogP contribution in [0.1, 0.15) is 23.2 Å². The van der Waals surface area contributed by atoms with Crippen LogP contribution in [0.15, 0.2) is 53.4 Å². The lowest BCUT2D eigenvalue weighted by Crippen LogP contribution is -2.45. The lowest BCUT2D eigenvalue weighted by atomic mass is 10.0. The number of hydrogen-bond donors (Lipinski definition) is 2. The maximum absolute atomic E-state index is 12.9. The number of piperidine rings is 1. The number of nitrogens with two attached hydrogens (primary N) is 1. The minimum atomic E-state index is -3.84. The molecule has 7 nitrogen and oxygen atoms in total. The molecule has 1 saturated heterocycles. The van der Waals surface area contributed by atoms with Crippen molar-refractivity contribution >= 4 is 34.0 Å². The van der Waals surface area contributed by atoms with Crippen LogP contribution in [-0.4, -0.2) is 45.5 Å². The van der Waals surface area contributed by atoms with Gasteiger partial charge in [0.05, 0.1) is 23.3 Å². The van der Waals surface area contributed by atoms with E-state index >= 15 is 0 Å². The number of amides is 1. The maximum atomic E-state index is 12.9. The third kappa shape index (κ3) is 4.95. The number of ether oxygens (including phenoxy) is 1. The van der Waals surface area contributed by atoms with Gasteiger partial charge in [0, 0.05) is 19.1 Å². The van der Waals surface area contributed by atoms with Gasteiger partial charge in [0.25, 0.3) is 15.9 Å². The van der Waals surface area contributed by atoms with Crippen molar-refractivity contribution in [3.8, 4) is 5.75 Å². The summed E-state index contributed by atoms with van der Waals surface area (Å²) in [5.74, 6) is 0.337. The summed E-state index contributed by atoms with van der Waals surface area (Å²) in [6, 6.07) is 12.6. The second kappa shape index (κ2) is 9.27. The van der Waals surface area contributed by atoms with E-state index < -0.39 is 10.0 Å². The van der Waals surface area contributed by atoms with Gasteiger partial charge in [0.15, 0.2) is 0 Å². The molecule has 1 heterocycles. The number of benzene rings is 2. The first-order valence-corrected chi connectivity index (χ1v) is 10.2. The first-order valence-electron chi connectivity index (χ1n) is 8.71. The lowest BCUT2D eigenvalue weighted by Gasteiger charge is -2.31. The Bertz CT molecular complexity index is 919. The van der Waals surface area contributed by atoms with E-state index in [1.54, 1.807) is 41.3 Å². The standard InChI is InChI=1S/C19H23N3O4S.ClH/c1-26-15-8-10-16(11-9-15)27(24,25)21-18-7-3-2-6-17(18)19(23)22-12-4-5-14(20)13-22;/h2-3,6-11,14,21H,4-5,12-13,20H2,1H3;1H. The molecule has 1 unspecified atom stereocenters. The zero-order valence-electron chi connectivity index (χ0n) is 15.5. The van der Waals surface area contributed by atoms with E-state index in [1.807, 2.05) is 0 Å². The fourth-order valence-electron chi connectivity index (χ4n) is 3.08. The number of halogens is 1. The summed E-state index contributed by atoms with van der Waals surface area (Å²) in [5.41, 5.74) is 6.52. The summed E-state index contributed by atoms with van der Waals surface area (Å²) in [6.45, 7) is 1.09. The first kappa shape index (κ1) is 22.0. The van der Waals surface area contributed by atoms with E-state index in [1.165, 1.54) is 19.2 Å². The molecule has 0 aromatic heterocycles. The minimum Gasteiger partial charge on any atom is -0.497 e. The van der Waals surface area contributed by atoms with Crippen LogP contribution < -0.4 is 15.2 Å². The topological polar surface area (TPSA) is 102 Å². The Morgan fingerprint density at radius 1 is 1.18 bits per heavy atom. The van der Waals surface area contributed by atoms with E-state index in [0.29, 0.717) is 24.4 Å². The van der Waals surface area contributed by atoms with Crippen molar-refractivity contribution in [2.45, 2.75) is 23.8 Å². The van der Waals surface area contributed by atoms with Crippen molar-refractivity contribution in [1.82, 2.24) is 4.90 Å². The van der Waals surface area contributed by atoms with Crippen molar-refractivity contribution in [3.63, 3.8) is 0 Å². The van der Waals surface area contributed by atoms with Gasteiger partial charge in [-0.3, -0.25) is 9.52 Å². The Balaban J connectivity index is 0.00000280. The van der Waals surface area contributed by atoms with Gasteiger partial charge in [-0.2, -0.15) is 0 Å². The molecule has 1 aliphatic rings. The van der Waals surface area contributed by atoms with E-state index in [-0.39, 0.29) is 34.9 Å². The molecular formula is C19H24ClN3O4S. The van der Waals surface area contributed by atoms with Crippen LogP contribution in [0, 0.1) is 0 Å². The Kier molecular flexibility index (Phi) is 7.29.